The van der Waals surface area contributed by atoms with Crippen LogP contribution < -0.4 is 5.32 Å². The molecule has 0 saturated carbocycles. The molecule has 1 unspecified atom stereocenters. The molecule has 1 aromatic heterocycles. The van der Waals surface area contributed by atoms with Gasteiger partial charge in [0, 0.05) is 25.6 Å². The van der Waals surface area contributed by atoms with Crippen LogP contribution >= 0.6 is 0 Å². The normalized spacial score (nSPS) is 14.3. The smallest absolute Gasteiger partial charge is 0.273 e. The largest absolute Gasteiger partial charge is 0.361 e. The van der Waals surface area contributed by atoms with Crippen LogP contribution in [0.3, 0.4) is 0 Å². The minimum absolute atomic E-state index is 0.0672. The summed E-state index contributed by atoms with van der Waals surface area (Å²) in [5.74, 6) is 0.575. The van der Waals surface area contributed by atoms with Gasteiger partial charge in [0.25, 0.3) is 5.91 Å². The number of rotatable bonds is 8. The first-order chi connectivity index (χ1) is 9.44. The number of carbonyl (C=O) groups is 1. The fourth-order valence-electron chi connectivity index (χ4n) is 2.03. The SMILES string of the molecule is CCc1cc(C(=O)NCC(C)(CC)CN(C)CC)no1. The Bertz CT molecular complexity index is 431. The first-order valence-corrected chi connectivity index (χ1v) is 7.36. The summed E-state index contributed by atoms with van der Waals surface area (Å²) in [6.07, 6.45) is 1.75. The zero-order valence-electron chi connectivity index (χ0n) is 13.3. The summed E-state index contributed by atoms with van der Waals surface area (Å²) in [4.78, 5) is 14.3. The van der Waals surface area contributed by atoms with E-state index in [1.54, 1.807) is 6.07 Å². The van der Waals surface area contributed by atoms with E-state index in [9.17, 15) is 4.79 Å². The molecule has 5 heteroatoms. The standard InChI is InChI=1S/C15H27N3O2/c1-6-12-9-13(17-20-12)14(19)16-10-15(4,7-2)11-18(5)8-3/h9H,6-8,10-11H2,1-5H3,(H,16,19). The Balaban J connectivity index is 2.57. The van der Waals surface area contributed by atoms with Gasteiger partial charge in [-0.15, -0.1) is 0 Å². The lowest BCUT2D eigenvalue weighted by atomic mass is 9.87. The van der Waals surface area contributed by atoms with Gasteiger partial charge in [-0.1, -0.05) is 32.9 Å². The summed E-state index contributed by atoms with van der Waals surface area (Å²) >= 11 is 0. The number of nitrogens with zero attached hydrogens (tertiary/aromatic N) is 2. The highest BCUT2D eigenvalue weighted by Crippen LogP contribution is 2.21. The number of aromatic nitrogens is 1. The fraction of sp³-hybridized carbons (Fsp3) is 0.733. The van der Waals surface area contributed by atoms with Gasteiger partial charge >= 0.3 is 0 Å². The molecular weight excluding hydrogens is 254 g/mol. The Labute approximate surface area is 121 Å². The quantitative estimate of drug-likeness (QED) is 0.794. The summed E-state index contributed by atoms with van der Waals surface area (Å²) < 4.78 is 5.06. The molecule has 1 rings (SSSR count). The number of carbonyl (C=O) groups excluding carboxylic acids is 1. The highest BCUT2D eigenvalue weighted by Gasteiger charge is 2.25. The fourth-order valence-corrected chi connectivity index (χ4v) is 2.03. The van der Waals surface area contributed by atoms with Crippen molar-refractivity contribution in [1.29, 1.82) is 0 Å². The second-order valence-corrected chi connectivity index (χ2v) is 5.71. The Kier molecular flexibility index (Phi) is 6.20. The van der Waals surface area contributed by atoms with E-state index in [1.807, 2.05) is 6.92 Å². The minimum atomic E-state index is -0.160. The summed E-state index contributed by atoms with van der Waals surface area (Å²) in [5.41, 5.74) is 0.432. The van der Waals surface area contributed by atoms with E-state index in [0.717, 1.165) is 31.7 Å². The lowest BCUT2D eigenvalue weighted by molar-refractivity contribution is 0.0909. The van der Waals surface area contributed by atoms with Gasteiger partial charge in [0.1, 0.15) is 5.76 Å². The van der Waals surface area contributed by atoms with Crippen molar-refractivity contribution in [3.8, 4) is 0 Å². The molecule has 1 aromatic rings. The van der Waals surface area contributed by atoms with E-state index in [2.05, 4.69) is 43.2 Å². The number of amides is 1. The molecule has 0 bridgehead atoms. The van der Waals surface area contributed by atoms with E-state index >= 15 is 0 Å². The minimum Gasteiger partial charge on any atom is -0.361 e. The Morgan fingerprint density at radius 2 is 2.15 bits per heavy atom. The maximum atomic E-state index is 12.0. The Morgan fingerprint density at radius 1 is 1.45 bits per heavy atom. The van der Waals surface area contributed by atoms with Gasteiger partial charge in [0.15, 0.2) is 5.69 Å². The van der Waals surface area contributed by atoms with Crippen LogP contribution in [0.1, 0.15) is 50.4 Å². The van der Waals surface area contributed by atoms with Crippen LogP contribution in [0.5, 0.6) is 0 Å². The maximum absolute atomic E-state index is 12.0. The third kappa shape index (κ3) is 4.63. The van der Waals surface area contributed by atoms with Crippen LogP contribution in [0.2, 0.25) is 0 Å². The Morgan fingerprint density at radius 3 is 2.65 bits per heavy atom. The molecule has 1 N–H and O–H groups in total. The van der Waals surface area contributed by atoms with Crippen LogP contribution in [0.25, 0.3) is 0 Å². The number of nitrogens with one attached hydrogen (secondary N) is 1. The number of aryl methyl sites for hydroxylation is 1. The molecule has 5 nitrogen and oxygen atoms in total. The zero-order valence-corrected chi connectivity index (χ0v) is 13.3. The van der Waals surface area contributed by atoms with E-state index in [4.69, 9.17) is 4.52 Å². The van der Waals surface area contributed by atoms with Gasteiger partial charge in [-0.25, -0.2) is 0 Å². The number of hydrogen-bond acceptors (Lipinski definition) is 4. The van der Waals surface area contributed by atoms with Gasteiger partial charge < -0.3 is 14.7 Å². The molecular formula is C15H27N3O2. The average molecular weight is 281 g/mol. The van der Waals surface area contributed by atoms with Crippen LogP contribution in [-0.4, -0.2) is 42.6 Å². The predicted molar refractivity (Wildman–Crippen MR) is 79.8 cm³/mol. The van der Waals surface area contributed by atoms with Crippen LogP contribution in [0.4, 0.5) is 0 Å². The third-order valence-corrected chi connectivity index (χ3v) is 3.86. The molecule has 0 fully saturated rings. The molecule has 0 saturated heterocycles. The van der Waals surface area contributed by atoms with E-state index in [1.165, 1.54) is 0 Å². The lowest BCUT2D eigenvalue weighted by Crippen LogP contribution is -2.42. The second-order valence-electron chi connectivity index (χ2n) is 5.71. The van der Waals surface area contributed by atoms with Crippen LogP contribution in [-0.2, 0) is 6.42 Å². The van der Waals surface area contributed by atoms with E-state index < -0.39 is 0 Å². The molecule has 0 aliphatic rings. The van der Waals surface area contributed by atoms with Crippen molar-refractivity contribution in [3.63, 3.8) is 0 Å². The molecule has 0 spiro atoms. The van der Waals surface area contributed by atoms with Gasteiger partial charge in [-0.2, -0.15) is 0 Å². The first-order valence-electron chi connectivity index (χ1n) is 7.36. The topological polar surface area (TPSA) is 58.4 Å². The molecule has 0 aromatic carbocycles. The summed E-state index contributed by atoms with van der Waals surface area (Å²) in [6.45, 7) is 11.1. The van der Waals surface area contributed by atoms with Crippen LogP contribution in [0, 0.1) is 5.41 Å². The maximum Gasteiger partial charge on any atom is 0.273 e. The van der Waals surface area contributed by atoms with Crippen molar-refractivity contribution in [2.45, 2.75) is 40.5 Å². The molecule has 114 valence electrons. The van der Waals surface area contributed by atoms with Gasteiger partial charge in [-0.3, -0.25) is 4.79 Å². The summed E-state index contributed by atoms with van der Waals surface area (Å²) in [5, 5.41) is 6.76. The molecule has 1 atom stereocenters. The highest BCUT2D eigenvalue weighted by molar-refractivity contribution is 5.92. The van der Waals surface area contributed by atoms with Gasteiger partial charge in [-0.05, 0) is 25.4 Å². The highest BCUT2D eigenvalue weighted by atomic mass is 16.5. The van der Waals surface area contributed by atoms with Crippen molar-refractivity contribution in [1.82, 2.24) is 15.4 Å². The predicted octanol–water partition coefficient (Wildman–Crippen LogP) is 2.33. The van der Waals surface area contributed by atoms with Crippen molar-refractivity contribution >= 4 is 5.91 Å². The molecule has 0 radical (unpaired) electrons. The molecule has 1 amide bonds. The molecule has 0 aliphatic heterocycles. The second kappa shape index (κ2) is 7.43. The monoisotopic (exact) mass is 281 g/mol. The zero-order chi connectivity index (χ0) is 15.2. The molecule has 20 heavy (non-hydrogen) atoms. The lowest BCUT2D eigenvalue weighted by Gasteiger charge is -2.32. The van der Waals surface area contributed by atoms with Gasteiger partial charge in [0.05, 0.1) is 0 Å². The van der Waals surface area contributed by atoms with Crippen molar-refractivity contribution in [2.24, 2.45) is 5.41 Å². The van der Waals surface area contributed by atoms with E-state index in [0.29, 0.717) is 12.2 Å². The van der Waals surface area contributed by atoms with Crippen molar-refractivity contribution < 1.29 is 9.32 Å². The van der Waals surface area contributed by atoms with Crippen molar-refractivity contribution in [2.75, 3.05) is 26.7 Å². The van der Waals surface area contributed by atoms with E-state index in [-0.39, 0.29) is 11.3 Å². The number of hydrogen-bond donors (Lipinski definition) is 1. The van der Waals surface area contributed by atoms with Gasteiger partial charge in [0.2, 0.25) is 0 Å². The van der Waals surface area contributed by atoms with Crippen LogP contribution in [0.15, 0.2) is 10.6 Å². The third-order valence-electron chi connectivity index (χ3n) is 3.86. The average Bonchev–Trinajstić information content (AvgIpc) is 2.93. The summed E-state index contributed by atoms with van der Waals surface area (Å²) in [6, 6.07) is 1.71. The molecule has 0 aliphatic carbocycles. The van der Waals surface area contributed by atoms with Crippen molar-refractivity contribution in [3.05, 3.63) is 17.5 Å². The Hall–Kier alpha value is -1.36. The molecule has 1 heterocycles. The summed E-state index contributed by atoms with van der Waals surface area (Å²) in [7, 11) is 2.10. The first kappa shape index (κ1) is 16.7.